The molecular weight excluding hydrogens is 352 g/mol. The molecular formula is C19H22N2O6. The zero-order chi connectivity index (χ0) is 19.4. The van der Waals surface area contributed by atoms with Gasteiger partial charge in [0.25, 0.3) is 5.88 Å². The molecule has 0 spiro atoms. The number of methoxy groups -OCH3 is 2. The highest BCUT2D eigenvalue weighted by Crippen LogP contribution is 2.34. The minimum Gasteiger partial charge on any atom is -0.488 e. The van der Waals surface area contributed by atoms with Crippen molar-refractivity contribution in [3.8, 4) is 23.0 Å². The Morgan fingerprint density at radius 1 is 1.30 bits per heavy atom. The summed E-state index contributed by atoms with van der Waals surface area (Å²) in [6.45, 7) is 1.67. The van der Waals surface area contributed by atoms with Crippen molar-refractivity contribution in [3.05, 3.63) is 39.7 Å². The number of hydrogen-bond donors (Lipinski definition) is 1. The molecule has 0 atom stereocenters. The van der Waals surface area contributed by atoms with Crippen LogP contribution in [0.2, 0.25) is 0 Å². The maximum absolute atomic E-state index is 12.2. The summed E-state index contributed by atoms with van der Waals surface area (Å²) < 4.78 is 17.9. The highest BCUT2D eigenvalue weighted by atomic mass is 16.5. The molecule has 1 aliphatic heterocycles. The Balaban J connectivity index is 2.03. The van der Waals surface area contributed by atoms with Gasteiger partial charge in [0.1, 0.15) is 5.56 Å². The molecule has 0 unspecified atom stereocenters. The number of carbonyl (C=O) groups is 1. The molecule has 2 aromatic rings. The van der Waals surface area contributed by atoms with E-state index in [2.05, 4.69) is 4.98 Å². The zero-order valence-corrected chi connectivity index (χ0v) is 15.4. The fourth-order valence-electron chi connectivity index (χ4n) is 3.13. The standard InChI is InChI=1S/C19H22N2O6/c1-25-7-4-8-27-16-9-12-5-3-6-21-11-13(19(23)24)15(22)10-14(21)17(12)20-18(16)26-2/h9-11H,3-8H2,1-2H3,(H,23,24). The van der Waals surface area contributed by atoms with E-state index in [9.17, 15) is 14.7 Å². The van der Waals surface area contributed by atoms with Crippen molar-refractivity contribution in [1.82, 2.24) is 9.55 Å². The van der Waals surface area contributed by atoms with E-state index in [0.29, 0.717) is 42.8 Å². The Hall–Kier alpha value is -2.87. The predicted octanol–water partition coefficient (Wildman–Crippen LogP) is 1.98. The van der Waals surface area contributed by atoms with Crippen molar-refractivity contribution in [2.24, 2.45) is 0 Å². The van der Waals surface area contributed by atoms with E-state index in [1.807, 2.05) is 6.07 Å². The van der Waals surface area contributed by atoms with Gasteiger partial charge >= 0.3 is 5.97 Å². The third-order valence-corrected chi connectivity index (χ3v) is 4.42. The normalized spacial score (nSPS) is 12.7. The lowest BCUT2D eigenvalue weighted by Crippen LogP contribution is -2.18. The second-order valence-corrected chi connectivity index (χ2v) is 6.24. The van der Waals surface area contributed by atoms with Gasteiger partial charge in [-0.3, -0.25) is 4.79 Å². The monoisotopic (exact) mass is 374 g/mol. The van der Waals surface area contributed by atoms with Crippen LogP contribution in [-0.2, 0) is 17.7 Å². The minimum absolute atomic E-state index is 0.243. The van der Waals surface area contributed by atoms with Crippen molar-refractivity contribution in [2.75, 3.05) is 27.4 Å². The van der Waals surface area contributed by atoms with E-state index in [4.69, 9.17) is 14.2 Å². The van der Waals surface area contributed by atoms with E-state index >= 15 is 0 Å². The molecule has 0 aliphatic carbocycles. The number of carboxylic acid groups (broad SMARTS) is 1. The molecule has 144 valence electrons. The van der Waals surface area contributed by atoms with Gasteiger partial charge in [0.2, 0.25) is 0 Å². The summed E-state index contributed by atoms with van der Waals surface area (Å²) >= 11 is 0. The van der Waals surface area contributed by atoms with E-state index in [-0.39, 0.29) is 5.56 Å². The number of aryl methyl sites for hydroxylation is 2. The van der Waals surface area contributed by atoms with Gasteiger partial charge in [-0.15, -0.1) is 0 Å². The van der Waals surface area contributed by atoms with Crippen LogP contribution >= 0.6 is 0 Å². The van der Waals surface area contributed by atoms with Crippen LogP contribution in [0.1, 0.15) is 28.8 Å². The molecule has 8 nitrogen and oxygen atoms in total. The number of ether oxygens (including phenoxy) is 3. The summed E-state index contributed by atoms with van der Waals surface area (Å²) in [4.78, 5) is 28.0. The molecule has 0 radical (unpaired) electrons. The van der Waals surface area contributed by atoms with Gasteiger partial charge in [-0.25, -0.2) is 9.78 Å². The number of pyridine rings is 2. The Morgan fingerprint density at radius 3 is 2.81 bits per heavy atom. The Labute approximate surface area is 156 Å². The SMILES string of the molecule is COCCCOc1cc2c(nc1OC)-c1cc(=O)c(C(=O)O)cn1CCC2. The smallest absolute Gasteiger partial charge is 0.341 e. The zero-order valence-electron chi connectivity index (χ0n) is 15.4. The Bertz CT molecular complexity index is 906. The second kappa shape index (κ2) is 8.22. The molecule has 2 aromatic heterocycles. The van der Waals surface area contributed by atoms with Crippen LogP contribution in [0.3, 0.4) is 0 Å². The van der Waals surface area contributed by atoms with Gasteiger partial charge < -0.3 is 23.9 Å². The number of rotatable bonds is 7. The highest BCUT2D eigenvalue weighted by Gasteiger charge is 2.22. The molecule has 8 heteroatoms. The topological polar surface area (TPSA) is 99.9 Å². The third-order valence-electron chi connectivity index (χ3n) is 4.42. The highest BCUT2D eigenvalue weighted by molar-refractivity contribution is 5.87. The van der Waals surface area contributed by atoms with Crippen LogP contribution in [0.25, 0.3) is 11.4 Å². The maximum Gasteiger partial charge on any atom is 0.341 e. The lowest BCUT2D eigenvalue weighted by atomic mass is 10.1. The molecule has 0 saturated carbocycles. The van der Waals surface area contributed by atoms with E-state index in [1.54, 1.807) is 11.7 Å². The molecule has 0 saturated heterocycles. The van der Waals surface area contributed by atoms with Crippen LogP contribution < -0.4 is 14.9 Å². The molecule has 27 heavy (non-hydrogen) atoms. The summed E-state index contributed by atoms with van der Waals surface area (Å²) in [6.07, 6.45) is 3.66. The first-order valence-corrected chi connectivity index (χ1v) is 8.73. The first-order chi connectivity index (χ1) is 13.0. The van der Waals surface area contributed by atoms with Gasteiger partial charge in [-0.05, 0) is 24.5 Å². The number of aromatic carboxylic acids is 1. The van der Waals surface area contributed by atoms with Crippen molar-refractivity contribution in [1.29, 1.82) is 0 Å². The molecule has 0 fully saturated rings. The quantitative estimate of drug-likeness (QED) is 0.740. The van der Waals surface area contributed by atoms with Gasteiger partial charge in [0, 0.05) is 38.9 Å². The number of aromatic nitrogens is 2. The summed E-state index contributed by atoms with van der Waals surface area (Å²) in [5.74, 6) is -0.357. The minimum atomic E-state index is -1.23. The molecule has 0 aromatic carbocycles. The van der Waals surface area contributed by atoms with Gasteiger partial charge in [-0.1, -0.05) is 0 Å². The lowest BCUT2D eigenvalue weighted by Gasteiger charge is -2.15. The number of fused-ring (bicyclic) bond motifs is 3. The predicted molar refractivity (Wildman–Crippen MR) is 97.8 cm³/mol. The van der Waals surface area contributed by atoms with Crippen LogP contribution in [0.5, 0.6) is 11.6 Å². The molecule has 1 N–H and O–H groups in total. The average Bonchev–Trinajstić information content (AvgIpc) is 2.82. The van der Waals surface area contributed by atoms with Crippen molar-refractivity contribution < 1.29 is 24.1 Å². The summed E-state index contributed by atoms with van der Waals surface area (Å²) in [5, 5.41) is 9.20. The molecule has 0 amide bonds. The van der Waals surface area contributed by atoms with Crippen LogP contribution in [0.15, 0.2) is 23.1 Å². The molecule has 1 aliphatic rings. The summed E-state index contributed by atoms with van der Waals surface area (Å²) in [6, 6.07) is 3.22. The number of hydrogen-bond acceptors (Lipinski definition) is 6. The van der Waals surface area contributed by atoms with E-state index in [0.717, 1.165) is 24.8 Å². The Morgan fingerprint density at radius 2 is 2.11 bits per heavy atom. The fraction of sp³-hybridized carbons (Fsp3) is 0.421. The van der Waals surface area contributed by atoms with Crippen LogP contribution in [0, 0.1) is 0 Å². The Kier molecular flexibility index (Phi) is 5.75. The number of nitrogens with zero attached hydrogens (tertiary/aromatic N) is 2. The lowest BCUT2D eigenvalue weighted by molar-refractivity contribution is 0.0694. The molecule has 3 rings (SSSR count). The van der Waals surface area contributed by atoms with Crippen molar-refractivity contribution in [2.45, 2.75) is 25.8 Å². The molecule has 0 bridgehead atoms. The third kappa shape index (κ3) is 3.95. The van der Waals surface area contributed by atoms with E-state index < -0.39 is 11.4 Å². The van der Waals surface area contributed by atoms with Crippen LogP contribution in [-0.4, -0.2) is 48.1 Å². The maximum atomic E-state index is 12.2. The van der Waals surface area contributed by atoms with Gasteiger partial charge in [-0.2, -0.15) is 0 Å². The average molecular weight is 374 g/mol. The summed E-state index contributed by atoms with van der Waals surface area (Å²) in [7, 11) is 3.15. The number of carboxylic acids is 1. The van der Waals surface area contributed by atoms with Gasteiger partial charge in [0.15, 0.2) is 11.2 Å². The largest absolute Gasteiger partial charge is 0.488 e. The summed E-state index contributed by atoms with van der Waals surface area (Å²) in [5.41, 5.74) is 1.35. The second-order valence-electron chi connectivity index (χ2n) is 6.24. The van der Waals surface area contributed by atoms with Crippen LogP contribution in [0.4, 0.5) is 0 Å². The van der Waals surface area contributed by atoms with E-state index in [1.165, 1.54) is 19.4 Å². The molecule has 3 heterocycles. The van der Waals surface area contributed by atoms with Crippen molar-refractivity contribution >= 4 is 5.97 Å². The van der Waals surface area contributed by atoms with Gasteiger partial charge in [0.05, 0.1) is 25.1 Å². The van der Waals surface area contributed by atoms with Crippen molar-refractivity contribution in [3.63, 3.8) is 0 Å². The first-order valence-electron chi connectivity index (χ1n) is 8.73. The fourth-order valence-corrected chi connectivity index (χ4v) is 3.13. The first kappa shape index (κ1) is 18.9.